The van der Waals surface area contributed by atoms with E-state index >= 15 is 0 Å². The quantitative estimate of drug-likeness (QED) is 0.808. The van der Waals surface area contributed by atoms with Gasteiger partial charge in [-0.15, -0.1) is 0 Å². The van der Waals surface area contributed by atoms with Crippen molar-refractivity contribution in [3.8, 4) is 0 Å². The average Bonchev–Trinajstić information content (AvgIpc) is 2.20. The summed E-state index contributed by atoms with van der Waals surface area (Å²) in [6, 6.07) is 2.44. The summed E-state index contributed by atoms with van der Waals surface area (Å²) in [5.41, 5.74) is 1.01. The summed E-state index contributed by atoms with van der Waals surface area (Å²) in [6.45, 7) is 6.40. The highest BCUT2D eigenvalue weighted by molar-refractivity contribution is 5.27. The molecule has 1 unspecified atom stereocenters. The lowest BCUT2D eigenvalue weighted by Gasteiger charge is -2.15. The zero-order valence-corrected chi connectivity index (χ0v) is 9.40. The molecule has 0 fully saturated rings. The molecule has 0 bridgehead atoms. The molecule has 84 valence electrons. The van der Waals surface area contributed by atoms with E-state index in [2.05, 4.69) is 5.32 Å². The van der Waals surface area contributed by atoms with Gasteiger partial charge in [-0.05, 0) is 38.4 Å². The Hall–Kier alpha value is -0.960. The molecule has 0 spiro atoms. The van der Waals surface area contributed by atoms with Crippen molar-refractivity contribution in [1.82, 2.24) is 5.32 Å². The lowest BCUT2D eigenvalue weighted by atomic mass is 10.0. The Kier molecular flexibility index (Phi) is 4.21. The van der Waals surface area contributed by atoms with Crippen LogP contribution in [-0.2, 0) is 0 Å². The van der Waals surface area contributed by atoms with Crippen LogP contribution in [0.5, 0.6) is 0 Å². The smallest absolute Gasteiger partial charge is 0.130 e. The van der Waals surface area contributed by atoms with E-state index in [1.165, 1.54) is 0 Å². The highest BCUT2D eigenvalue weighted by Gasteiger charge is 2.12. The van der Waals surface area contributed by atoms with Crippen molar-refractivity contribution in [1.29, 1.82) is 0 Å². The topological polar surface area (TPSA) is 12.0 Å². The third kappa shape index (κ3) is 2.99. The van der Waals surface area contributed by atoms with Crippen LogP contribution in [0.1, 0.15) is 37.4 Å². The fraction of sp³-hybridized carbons (Fsp3) is 0.500. The largest absolute Gasteiger partial charge is 0.310 e. The molecule has 1 N–H and O–H groups in total. The summed E-state index contributed by atoms with van der Waals surface area (Å²) in [5.74, 6) is -0.965. The highest BCUT2D eigenvalue weighted by atomic mass is 19.1. The molecular formula is C12H17F2N. The van der Waals surface area contributed by atoms with Crippen molar-refractivity contribution in [3.05, 3.63) is 34.9 Å². The summed E-state index contributed by atoms with van der Waals surface area (Å²) in [7, 11) is 0. The molecule has 3 heteroatoms. The molecule has 0 heterocycles. The molecule has 1 nitrogen and oxygen atoms in total. The number of hydrogen-bond donors (Lipinski definition) is 1. The summed E-state index contributed by atoms with van der Waals surface area (Å²) in [4.78, 5) is 0. The number of rotatable bonds is 4. The van der Waals surface area contributed by atoms with E-state index in [-0.39, 0.29) is 6.04 Å². The molecular weight excluding hydrogens is 196 g/mol. The first kappa shape index (κ1) is 12.1. The molecule has 0 aliphatic heterocycles. The fourth-order valence-electron chi connectivity index (χ4n) is 1.48. The number of benzene rings is 1. The number of aryl methyl sites for hydroxylation is 1. The average molecular weight is 213 g/mol. The SMILES string of the molecule is CCCNC(C)c1cc(C)c(F)cc1F. The fourth-order valence-corrected chi connectivity index (χ4v) is 1.48. The lowest BCUT2D eigenvalue weighted by molar-refractivity contribution is 0.515. The van der Waals surface area contributed by atoms with Gasteiger partial charge in [0, 0.05) is 17.7 Å². The Morgan fingerprint density at radius 2 is 1.93 bits per heavy atom. The summed E-state index contributed by atoms with van der Waals surface area (Å²) in [6.07, 6.45) is 0.992. The molecule has 1 rings (SSSR count). The second kappa shape index (κ2) is 5.21. The third-order valence-corrected chi connectivity index (χ3v) is 2.44. The van der Waals surface area contributed by atoms with Crippen LogP contribution < -0.4 is 5.32 Å². The first-order valence-corrected chi connectivity index (χ1v) is 5.25. The monoisotopic (exact) mass is 213 g/mol. The predicted molar refractivity (Wildman–Crippen MR) is 57.8 cm³/mol. The minimum absolute atomic E-state index is 0.0794. The number of halogens is 2. The van der Waals surface area contributed by atoms with Crippen molar-refractivity contribution < 1.29 is 8.78 Å². The van der Waals surface area contributed by atoms with Crippen LogP contribution in [0.2, 0.25) is 0 Å². The minimum atomic E-state index is -0.487. The van der Waals surface area contributed by atoms with E-state index in [9.17, 15) is 8.78 Å². The van der Waals surface area contributed by atoms with Gasteiger partial charge in [0.1, 0.15) is 11.6 Å². The van der Waals surface area contributed by atoms with Crippen LogP contribution in [-0.4, -0.2) is 6.54 Å². The van der Waals surface area contributed by atoms with Gasteiger partial charge in [0.05, 0.1) is 0 Å². The number of nitrogens with one attached hydrogen (secondary N) is 1. The first-order valence-electron chi connectivity index (χ1n) is 5.25. The van der Waals surface area contributed by atoms with E-state index in [1.54, 1.807) is 13.0 Å². The van der Waals surface area contributed by atoms with Crippen molar-refractivity contribution >= 4 is 0 Å². The van der Waals surface area contributed by atoms with Crippen LogP contribution >= 0.6 is 0 Å². The predicted octanol–water partition coefficient (Wildman–Crippen LogP) is 3.33. The molecule has 15 heavy (non-hydrogen) atoms. The van der Waals surface area contributed by atoms with Crippen LogP contribution in [0.4, 0.5) is 8.78 Å². The van der Waals surface area contributed by atoms with Gasteiger partial charge in [-0.2, -0.15) is 0 Å². The molecule has 0 radical (unpaired) electrons. The molecule has 1 aromatic carbocycles. The van der Waals surface area contributed by atoms with Crippen molar-refractivity contribution in [2.45, 2.75) is 33.2 Å². The minimum Gasteiger partial charge on any atom is -0.310 e. The molecule has 1 aromatic rings. The van der Waals surface area contributed by atoms with Gasteiger partial charge >= 0.3 is 0 Å². The van der Waals surface area contributed by atoms with E-state index in [1.807, 2.05) is 13.8 Å². The van der Waals surface area contributed by atoms with Crippen LogP contribution in [0, 0.1) is 18.6 Å². The Bertz CT molecular complexity index is 337. The maximum atomic E-state index is 13.4. The third-order valence-electron chi connectivity index (χ3n) is 2.44. The zero-order valence-electron chi connectivity index (χ0n) is 9.40. The number of hydrogen-bond acceptors (Lipinski definition) is 1. The van der Waals surface area contributed by atoms with Gasteiger partial charge in [-0.1, -0.05) is 6.92 Å². The molecule has 0 aliphatic rings. The summed E-state index contributed by atoms with van der Waals surface area (Å²) < 4.78 is 26.4. The first-order chi connectivity index (χ1) is 7.06. The summed E-state index contributed by atoms with van der Waals surface area (Å²) in [5, 5.41) is 3.17. The van der Waals surface area contributed by atoms with Crippen molar-refractivity contribution in [2.24, 2.45) is 0 Å². The van der Waals surface area contributed by atoms with Crippen molar-refractivity contribution in [2.75, 3.05) is 6.54 Å². The van der Waals surface area contributed by atoms with E-state index in [0.29, 0.717) is 11.1 Å². The van der Waals surface area contributed by atoms with Gasteiger partial charge in [0.25, 0.3) is 0 Å². The molecule has 0 aromatic heterocycles. The Morgan fingerprint density at radius 1 is 1.27 bits per heavy atom. The van der Waals surface area contributed by atoms with Crippen LogP contribution in [0.15, 0.2) is 12.1 Å². The Labute approximate surface area is 89.5 Å². The van der Waals surface area contributed by atoms with E-state index in [4.69, 9.17) is 0 Å². The van der Waals surface area contributed by atoms with Crippen LogP contribution in [0.3, 0.4) is 0 Å². The van der Waals surface area contributed by atoms with Gasteiger partial charge < -0.3 is 5.32 Å². The molecule has 0 aliphatic carbocycles. The molecule has 1 atom stereocenters. The second-order valence-electron chi connectivity index (χ2n) is 3.80. The van der Waals surface area contributed by atoms with Gasteiger partial charge in [-0.3, -0.25) is 0 Å². The maximum absolute atomic E-state index is 13.4. The molecule has 0 saturated heterocycles. The van der Waals surface area contributed by atoms with Gasteiger partial charge in [0.15, 0.2) is 0 Å². The highest BCUT2D eigenvalue weighted by Crippen LogP contribution is 2.20. The van der Waals surface area contributed by atoms with Gasteiger partial charge in [0.2, 0.25) is 0 Å². The lowest BCUT2D eigenvalue weighted by Crippen LogP contribution is -2.20. The van der Waals surface area contributed by atoms with Gasteiger partial charge in [-0.25, -0.2) is 8.78 Å². The maximum Gasteiger partial charge on any atom is 0.130 e. The van der Waals surface area contributed by atoms with Crippen molar-refractivity contribution in [3.63, 3.8) is 0 Å². The van der Waals surface area contributed by atoms with E-state index < -0.39 is 11.6 Å². The second-order valence-corrected chi connectivity index (χ2v) is 3.80. The summed E-state index contributed by atoms with van der Waals surface area (Å²) >= 11 is 0. The molecule has 0 amide bonds. The Morgan fingerprint density at radius 3 is 2.53 bits per heavy atom. The van der Waals surface area contributed by atoms with E-state index in [0.717, 1.165) is 19.0 Å². The standard InChI is InChI=1S/C12H17F2N/c1-4-5-15-9(3)10-6-8(2)11(13)7-12(10)14/h6-7,9,15H,4-5H2,1-3H3. The Balaban J connectivity index is 2.88. The van der Waals surface area contributed by atoms with Crippen LogP contribution in [0.25, 0.3) is 0 Å². The normalized spacial score (nSPS) is 12.9. The molecule has 0 saturated carbocycles. The zero-order chi connectivity index (χ0) is 11.4.